The molecule has 0 aliphatic heterocycles. The standard InChI is InChI=1S/C19H16F2N2O/c20-13-3-1-12(2-4-13)10-23-18(24)19(7-8-19)16-11-22-17-9-14(21)5-6-15(16)17/h1-6,9,11,22H,7-8,10H2,(H,23,24). The summed E-state index contributed by atoms with van der Waals surface area (Å²) in [6.45, 7) is 0.359. The monoisotopic (exact) mass is 326 g/mol. The number of fused-ring (bicyclic) bond motifs is 1. The van der Waals surface area contributed by atoms with Gasteiger partial charge in [0, 0.05) is 23.6 Å². The van der Waals surface area contributed by atoms with Crippen LogP contribution in [-0.4, -0.2) is 10.9 Å². The lowest BCUT2D eigenvalue weighted by atomic mass is 9.94. The summed E-state index contributed by atoms with van der Waals surface area (Å²) in [6.07, 6.45) is 3.34. The van der Waals surface area contributed by atoms with Gasteiger partial charge in [-0.2, -0.15) is 0 Å². The highest BCUT2D eigenvalue weighted by Crippen LogP contribution is 2.50. The molecule has 122 valence electrons. The van der Waals surface area contributed by atoms with E-state index in [9.17, 15) is 13.6 Å². The first-order chi connectivity index (χ1) is 11.6. The fourth-order valence-corrected chi connectivity index (χ4v) is 3.19. The van der Waals surface area contributed by atoms with Gasteiger partial charge in [-0.15, -0.1) is 0 Å². The van der Waals surface area contributed by atoms with Crippen molar-refractivity contribution < 1.29 is 13.6 Å². The first-order valence-corrected chi connectivity index (χ1v) is 7.88. The van der Waals surface area contributed by atoms with E-state index in [1.165, 1.54) is 24.3 Å². The molecule has 24 heavy (non-hydrogen) atoms. The lowest BCUT2D eigenvalue weighted by molar-refractivity contribution is -0.123. The van der Waals surface area contributed by atoms with Crippen LogP contribution in [-0.2, 0) is 16.8 Å². The van der Waals surface area contributed by atoms with Gasteiger partial charge >= 0.3 is 0 Å². The Labute approximate surface area is 137 Å². The van der Waals surface area contributed by atoms with Crippen molar-refractivity contribution in [1.29, 1.82) is 0 Å². The van der Waals surface area contributed by atoms with Crippen molar-refractivity contribution in [2.45, 2.75) is 24.8 Å². The summed E-state index contributed by atoms with van der Waals surface area (Å²) in [5, 5.41) is 3.82. The zero-order chi connectivity index (χ0) is 16.7. The van der Waals surface area contributed by atoms with Crippen LogP contribution in [0.4, 0.5) is 8.78 Å². The zero-order valence-electron chi connectivity index (χ0n) is 12.9. The van der Waals surface area contributed by atoms with Crippen molar-refractivity contribution in [3.05, 3.63) is 71.4 Å². The molecule has 1 amide bonds. The second kappa shape index (κ2) is 5.44. The highest BCUT2D eigenvalue weighted by atomic mass is 19.1. The maximum Gasteiger partial charge on any atom is 0.231 e. The van der Waals surface area contributed by atoms with E-state index >= 15 is 0 Å². The van der Waals surface area contributed by atoms with Crippen molar-refractivity contribution in [2.24, 2.45) is 0 Å². The van der Waals surface area contributed by atoms with E-state index in [1.54, 1.807) is 24.4 Å². The third-order valence-electron chi connectivity index (χ3n) is 4.71. The maximum atomic E-state index is 13.3. The van der Waals surface area contributed by atoms with Crippen molar-refractivity contribution in [2.75, 3.05) is 0 Å². The molecule has 3 nitrogen and oxygen atoms in total. The summed E-state index contributed by atoms with van der Waals surface area (Å²) in [6, 6.07) is 10.6. The van der Waals surface area contributed by atoms with Crippen molar-refractivity contribution in [3.63, 3.8) is 0 Å². The lowest BCUT2D eigenvalue weighted by Gasteiger charge is -2.15. The van der Waals surface area contributed by atoms with Gasteiger partial charge in [-0.3, -0.25) is 4.79 Å². The minimum atomic E-state index is -0.546. The van der Waals surface area contributed by atoms with Crippen LogP contribution in [0.25, 0.3) is 10.9 Å². The number of hydrogen-bond acceptors (Lipinski definition) is 1. The SMILES string of the molecule is O=C(NCc1ccc(F)cc1)C1(c2c[nH]c3cc(F)ccc23)CC1. The Kier molecular flexibility index (Phi) is 3.37. The Morgan fingerprint density at radius 1 is 1.08 bits per heavy atom. The van der Waals surface area contributed by atoms with Crippen LogP contribution in [0.5, 0.6) is 0 Å². The normalized spacial score (nSPS) is 15.4. The summed E-state index contributed by atoms with van der Waals surface area (Å²) in [5.74, 6) is -0.645. The van der Waals surface area contributed by atoms with Gasteiger partial charge < -0.3 is 10.3 Å². The first-order valence-electron chi connectivity index (χ1n) is 7.88. The van der Waals surface area contributed by atoms with E-state index in [0.717, 1.165) is 29.4 Å². The number of aromatic amines is 1. The Balaban J connectivity index is 1.55. The van der Waals surface area contributed by atoms with Gasteiger partial charge in [-0.1, -0.05) is 12.1 Å². The topological polar surface area (TPSA) is 44.9 Å². The summed E-state index contributed by atoms with van der Waals surface area (Å²) >= 11 is 0. The summed E-state index contributed by atoms with van der Waals surface area (Å²) < 4.78 is 26.3. The Morgan fingerprint density at radius 3 is 2.50 bits per heavy atom. The molecule has 0 radical (unpaired) electrons. The Morgan fingerprint density at radius 2 is 1.79 bits per heavy atom. The van der Waals surface area contributed by atoms with E-state index in [4.69, 9.17) is 0 Å². The fourth-order valence-electron chi connectivity index (χ4n) is 3.19. The molecule has 0 bridgehead atoms. The number of benzene rings is 2. The van der Waals surface area contributed by atoms with Crippen LogP contribution < -0.4 is 5.32 Å². The first kappa shape index (κ1) is 14.9. The number of rotatable bonds is 4. The Bertz CT molecular complexity index is 911. The molecular formula is C19H16F2N2O. The average molecular weight is 326 g/mol. The van der Waals surface area contributed by atoms with Crippen LogP contribution in [0.2, 0.25) is 0 Å². The molecule has 0 unspecified atom stereocenters. The molecule has 0 spiro atoms. The van der Waals surface area contributed by atoms with E-state index in [-0.39, 0.29) is 17.5 Å². The second-order valence-corrected chi connectivity index (χ2v) is 6.28. The molecule has 2 aromatic carbocycles. The molecule has 1 aliphatic carbocycles. The van der Waals surface area contributed by atoms with Crippen LogP contribution in [0, 0.1) is 11.6 Å². The number of H-pyrrole nitrogens is 1. The Hall–Kier alpha value is -2.69. The van der Waals surface area contributed by atoms with Gasteiger partial charge in [0.15, 0.2) is 0 Å². The van der Waals surface area contributed by atoms with E-state index < -0.39 is 5.41 Å². The molecule has 1 fully saturated rings. The van der Waals surface area contributed by atoms with Crippen molar-refractivity contribution in [1.82, 2.24) is 10.3 Å². The van der Waals surface area contributed by atoms with Gasteiger partial charge in [0.05, 0.1) is 5.41 Å². The van der Waals surface area contributed by atoms with E-state index in [0.29, 0.717) is 12.1 Å². The molecule has 3 aromatic rings. The number of amides is 1. The van der Waals surface area contributed by atoms with Crippen LogP contribution in [0.1, 0.15) is 24.0 Å². The molecule has 1 heterocycles. The van der Waals surface area contributed by atoms with Crippen molar-refractivity contribution in [3.8, 4) is 0 Å². The molecule has 2 N–H and O–H groups in total. The van der Waals surface area contributed by atoms with E-state index in [1.807, 2.05) is 0 Å². The van der Waals surface area contributed by atoms with Gasteiger partial charge in [-0.05, 0) is 54.3 Å². The quantitative estimate of drug-likeness (QED) is 0.753. The molecule has 1 aromatic heterocycles. The zero-order valence-corrected chi connectivity index (χ0v) is 12.9. The van der Waals surface area contributed by atoms with Crippen LogP contribution >= 0.6 is 0 Å². The second-order valence-electron chi connectivity index (χ2n) is 6.28. The largest absolute Gasteiger partial charge is 0.361 e. The minimum Gasteiger partial charge on any atom is -0.361 e. The molecule has 5 heteroatoms. The third-order valence-corrected chi connectivity index (χ3v) is 4.71. The summed E-state index contributed by atoms with van der Waals surface area (Å²) in [4.78, 5) is 15.8. The number of nitrogens with one attached hydrogen (secondary N) is 2. The van der Waals surface area contributed by atoms with Crippen molar-refractivity contribution >= 4 is 16.8 Å². The van der Waals surface area contributed by atoms with Gasteiger partial charge in [0.2, 0.25) is 5.91 Å². The highest BCUT2D eigenvalue weighted by Gasteiger charge is 2.52. The predicted molar refractivity (Wildman–Crippen MR) is 87.4 cm³/mol. The average Bonchev–Trinajstić information content (AvgIpc) is 3.28. The molecule has 1 saturated carbocycles. The molecule has 0 atom stereocenters. The predicted octanol–water partition coefficient (Wildman–Crippen LogP) is 3.79. The van der Waals surface area contributed by atoms with Crippen LogP contribution in [0.15, 0.2) is 48.7 Å². The van der Waals surface area contributed by atoms with Crippen LogP contribution in [0.3, 0.4) is 0 Å². The third kappa shape index (κ3) is 2.46. The molecule has 4 rings (SSSR count). The number of carbonyl (C=O) groups is 1. The maximum absolute atomic E-state index is 13.3. The minimum absolute atomic E-state index is 0.0444. The van der Waals surface area contributed by atoms with E-state index in [2.05, 4.69) is 10.3 Å². The lowest BCUT2D eigenvalue weighted by Crippen LogP contribution is -2.34. The number of hydrogen-bond donors (Lipinski definition) is 2. The van der Waals surface area contributed by atoms with Gasteiger partial charge in [0.1, 0.15) is 11.6 Å². The molecule has 0 saturated heterocycles. The summed E-state index contributed by atoms with van der Waals surface area (Å²) in [5.41, 5.74) is 1.91. The van der Waals surface area contributed by atoms with Gasteiger partial charge in [0.25, 0.3) is 0 Å². The fraction of sp³-hybridized carbons (Fsp3) is 0.211. The highest BCUT2D eigenvalue weighted by molar-refractivity contribution is 5.97. The number of aromatic nitrogens is 1. The smallest absolute Gasteiger partial charge is 0.231 e. The summed E-state index contributed by atoms with van der Waals surface area (Å²) in [7, 11) is 0. The molecule has 1 aliphatic rings. The van der Waals surface area contributed by atoms with Gasteiger partial charge in [-0.25, -0.2) is 8.78 Å². The number of halogens is 2. The number of carbonyl (C=O) groups excluding carboxylic acids is 1. The molecular weight excluding hydrogens is 310 g/mol.